The molecule has 16 heteroatoms. The zero-order valence-corrected chi connectivity index (χ0v) is 30.2. The molecule has 0 rings (SSSR count). The van der Waals surface area contributed by atoms with Crippen LogP contribution in [0.15, 0.2) is 5.11 Å². The molecule has 0 fully saturated rings. The lowest BCUT2D eigenvalue weighted by molar-refractivity contribution is -0.157. The minimum atomic E-state index is -0.504. The summed E-state index contributed by atoms with van der Waals surface area (Å²) >= 11 is 0. The highest BCUT2D eigenvalue weighted by Crippen LogP contribution is 2.09. The standard InChI is InChI=1S/C32H62N4O12/c1-31(2,3)47-29(37)7-13-39-19-22-42-16-10-36(11-17-43-23-20-40-14-8-30(38)48-32(4,5)6)12-18-44-24-26-46-28-27-45-25-21-41-15-9-34-35-33/h7-28H2,1-6H3. The van der Waals surface area contributed by atoms with Crippen LogP contribution in [0, 0.1) is 0 Å². The zero-order valence-electron chi connectivity index (χ0n) is 30.2. The van der Waals surface area contributed by atoms with Gasteiger partial charge >= 0.3 is 11.9 Å². The molecule has 48 heavy (non-hydrogen) atoms. The van der Waals surface area contributed by atoms with Crippen molar-refractivity contribution in [3.05, 3.63) is 10.4 Å². The fourth-order valence-electron chi connectivity index (χ4n) is 3.57. The monoisotopic (exact) mass is 694 g/mol. The molecule has 0 aromatic rings. The minimum Gasteiger partial charge on any atom is -0.460 e. The zero-order chi connectivity index (χ0) is 35.8. The topological polar surface area (TPSA) is 178 Å². The number of azide groups is 1. The second-order valence-corrected chi connectivity index (χ2v) is 12.4. The van der Waals surface area contributed by atoms with E-state index < -0.39 is 11.2 Å². The molecule has 0 unspecified atom stereocenters. The summed E-state index contributed by atoms with van der Waals surface area (Å²) in [6, 6.07) is 0. The molecule has 0 aromatic carbocycles. The van der Waals surface area contributed by atoms with E-state index in [4.69, 9.17) is 52.9 Å². The van der Waals surface area contributed by atoms with Gasteiger partial charge in [-0.1, -0.05) is 5.11 Å². The highest BCUT2D eigenvalue weighted by Gasteiger charge is 2.16. The van der Waals surface area contributed by atoms with Crippen molar-refractivity contribution in [1.29, 1.82) is 0 Å². The molecule has 0 amide bonds. The van der Waals surface area contributed by atoms with Crippen molar-refractivity contribution >= 4 is 11.9 Å². The molecule has 282 valence electrons. The van der Waals surface area contributed by atoms with E-state index in [-0.39, 0.29) is 38.0 Å². The summed E-state index contributed by atoms with van der Waals surface area (Å²) in [5, 5.41) is 3.39. The van der Waals surface area contributed by atoms with Crippen LogP contribution in [0.2, 0.25) is 0 Å². The highest BCUT2D eigenvalue weighted by atomic mass is 16.6. The lowest BCUT2D eigenvalue weighted by Gasteiger charge is -2.22. The van der Waals surface area contributed by atoms with E-state index in [0.717, 1.165) is 0 Å². The molecule has 0 radical (unpaired) electrons. The maximum absolute atomic E-state index is 11.7. The van der Waals surface area contributed by atoms with Crippen molar-refractivity contribution in [2.45, 2.75) is 65.6 Å². The van der Waals surface area contributed by atoms with Crippen molar-refractivity contribution in [2.75, 3.05) is 132 Å². The largest absolute Gasteiger partial charge is 0.460 e. The van der Waals surface area contributed by atoms with Gasteiger partial charge < -0.3 is 47.4 Å². The van der Waals surface area contributed by atoms with E-state index in [1.54, 1.807) is 0 Å². The van der Waals surface area contributed by atoms with Crippen molar-refractivity contribution in [3.63, 3.8) is 0 Å². The predicted molar refractivity (Wildman–Crippen MR) is 178 cm³/mol. The van der Waals surface area contributed by atoms with E-state index in [1.807, 2.05) is 41.5 Å². The fraction of sp³-hybridized carbons (Fsp3) is 0.938. The van der Waals surface area contributed by atoms with E-state index in [9.17, 15) is 9.59 Å². The highest BCUT2D eigenvalue weighted by molar-refractivity contribution is 5.70. The molecule has 16 nitrogen and oxygen atoms in total. The lowest BCUT2D eigenvalue weighted by Crippen LogP contribution is -2.34. The smallest absolute Gasteiger partial charge is 0.308 e. The lowest BCUT2D eigenvalue weighted by atomic mass is 10.2. The number of carbonyl (C=O) groups excluding carboxylic acids is 2. The van der Waals surface area contributed by atoms with Crippen LogP contribution in [-0.4, -0.2) is 160 Å². The van der Waals surface area contributed by atoms with Crippen LogP contribution in [0.1, 0.15) is 54.4 Å². The predicted octanol–water partition coefficient (Wildman–Crippen LogP) is 3.20. The Morgan fingerprint density at radius 3 is 1.10 bits per heavy atom. The van der Waals surface area contributed by atoms with Crippen LogP contribution in [0.5, 0.6) is 0 Å². The van der Waals surface area contributed by atoms with Gasteiger partial charge in [-0.15, -0.1) is 0 Å². The van der Waals surface area contributed by atoms with Gasteiger partial charge in [-0.2, -0.15) is 0 Å². The normalized spacial score (nSPS) is 11.9. The SMILES string of the molecule is CC(C)(C)OC(=O)CCOCCOCCN(CCOCCOCCOCCOCCN=[N+]=[N-])CCOCCOCCC(=O)OC(C)(C)C. The molecule has 0 saturated heterocycles. The molecule has 0 saturated carbocycles. The third-order valence-corrected chi connectivity index (χ3v) is 5.66. The molecule has 0 spiro atoms. The first-order valence-electron chi connectivity index (χ1n) is 16.7. The summed E-state index contributed by atoms with van der Waals surface area (Å²) in [7, 11) is 0. The van der Waals surface area contributed by atoms with Crippen LogP contribution in [-0.2, 0) is 57.0 Å². The number of rotatable bonds is 33. The molecule has 0 aliphatic carbocycles. The Bertz CT molecular complexity index is 789. The van der Waals surface area contributed by atoms with Gasteiger partial charge in [0.05, 0.1) is 119 Å². The second-order valence-electron chi connectivity index (χ2n) is 12.4. The van der Waals surface area contributed by atoms with Gasteiger partial charge in [0.2, 0.25) is 0 Å². The quantitative estimate of drug-likeness (QED) is 0.0322. The van der Waals surface area contributed by atoms with Crippen molar-refractivity contribution < 1.29 is 57.0 Å². The van der Waals surface area contributed by atoms with E-state index in [1.165, 1.54) is 0 Å². The van der Waals surface area contributed by atoms with Crippen LogP contribution in [0.3, 0.4) is 0 Å². The van der Waals surface area contributed by atoms with Crippen molar-refractivity contribution in [1.82, 2.24) is 4.90 Å². The summed E-state index contributed by atoms with van der Waals surface area (Å²) < 4.78 is 54.9. The number of hydrogen-bond donors (Lipinski definition) is 0. The molecule has 0 aromatic heterocycles. The van der Waals surface area contributed by atoms with Crippen LogP contribution in [0.4, 0.5) is 0 Å². The molecule has 0 atom stereocenters. The van der Waals surface area contributed by atoms with Gasteiger partial charge in [0, 0.05) is 31.1 Å². The molecule has 0 aliphatic rings. The number of esters is 2. The average molecular weight is 695 g/mol. The van der Waals surface area contributed by atoms with Gasteiger partial charge in [-0.25, -0.2) is 0 Å². The van der Waals surface area contributed by atoms with Crippen LogP contribution < -0.4 is 0 Å². The molecule has 0 N–H and O–H groups in total. The molecular weight excluding hydrogens is 632 g/mol. The fourth-order valence-corrected chi connectivity index (χ4v) is 3.57. The summed E-state index contributed by atoms with van der Waals surface area (Å²) in [6.07, 6.45) is 0.409. The van der Waals surface area contributed by atoms with Crippen molar-refractivity contribution in [3.8, 4) is 0 Å². The Balaban J connectivity index is 4.11. The Kier molecular flexibility index (Phi) is 29.6. The summed E-state index contributed by atoms with van der Waals surface area (Å²) in [5.74, 6) is -0.565. The number of hydrogen-bond acceptors (Lipinski definition) is 14. The van der Waals surface area contributed by atoms with E-state index in [0.29, 0.717) is 119 Å². The Morgan fingerprint density at radius 2 is 0.792 bits per heavy atom. The van der Waals surface area contributed by atoms with Crippen molar-refractivity contribution in [2.24, 2.45) is 5.11 Å². The molecular formula is C32H62N4O12. The summed E-state index contributed by atoms with van der Waals surface area (Å²) in [4.78, 5) is 28.3. The first-order valence-corrected chi connectivity index (χ1v) is 16.7. The summed E-state index contributed by atoms with van der Waals surface area (Å²) in [6.45, 7) is 20.2. The average Bonchev–Trinajstić information content (AvgIpc) is 2.99. The number of carbonyl (C=O) groups is 2. The van der Waals surface area contributed by atoms with E-state index in [2.05, 4.69) is 14.9 Å². The first kappa shape index (κ1) is 45.9. The van der Waals surface area contributed by atoms with Crippen LogP contribution in [0.25, 0.3) is 10.4 Å². The van der Waals surface area contributed by atoms with E-state index >= 15 is 0 Å². The minimum absolute atomic E-state index is 0.205. The Hall–Kier alpha value is -2.11. The number of ether oxygens (including phenoxy) is 10. The maximum atomic E-state index is 11.7. The second kappa shape index (κ2) is 30.9. The van der Waals surface area contributed by atoms with Gasteiger partial charge in [-0.05, 0) is 47.1 Å². The maximum Gasteiger partial charge on any atom is 0.308 e. The third-order valence-electron chi connectivity index (χ3n) is 5.66. The van der Waals surface area contributed by atoms with Gasteiger partial charge in [0.25, 0.3) is 0 Å². The molecule has 0 aliphatic heterocycles. The molecule has 0 bridgehead atoms. The molecule has 0 heterocycles. The van der Waals surface area contributed by atoms with Gasteiger partial charge in [-0.3, -0.25) is 14.5 Å². The summed E-state index contributed by atoms with van der Waals surface area (Å²) in [5.41, 5.74) is 7.19. The third kappa shape index (κ3) is 36.7. The number of nitrogens with zero attached hydrogens (tertiary/aromatic N) is 4. The van der Waals surface area contributed by atoms with Crippen LogP contribution >= 0.6 is 0 Å². The first-order chi connectivity index (χ1) is 22.9. The van der Waals surface area contributed by atoms with Gasteiger partial charge in [0.15, 0.2) is 0 Å². The van der Waals surface area contributed by atoms with Gasteiger partial charge in [0.1, 0.15) is 11.2 Å². The Morgan fingerprint density at radius 1 is 0.500 bits per heavy atom. The Labute approximate surface area is 286 Å².